The second-order valence-corrected chi connectivity index (χ2v) is 6.65. The van der Waals surface area contributed by atoms with E-state index in [-0.39, 0.29) is 18.6 Å². The average molecular weight is 413 g/mol. The molecule has 0 aliphatic heterocycles. The van der Waals surface area contributed by atoms with Crippen LogP contribution in [0, 0.1) is 0 Å². The van der Waals surface area contributed by atoms with E-state index in [4.69, 9.17) is 14.2 Å². The third-order valence-corrected chi connectivity index (χ3v) is 4.42. The summed E-state index contributed by atoms with van der Waals surface area (Å²) in [6.07, 6.45) is 1.93. The molecule has 0 saturated heterocycles. The molecular weight excluding hydrogens is 386 g/mol. The number of esters is 1. The van der Waals surface area contributed by atoms with E-state index in [0.717, 1.165) is 12.8 Å². The maximum atomic E-state index is 12.2. The van der Waals surface area contributed by atoms with Crippen LogP contribution in [0.4, 0.5) is 5.69 Å². The van der Waals surface area contributed by atoms with E-state index >= 15 is 0 Å². The Kier molecular flexibility index (Phi) is 8.87. The van der Waals surface area contributed by atoms with E-state index in [2.05, 4.69) is 12.2 Å². The van der Waals surface area contributed by atoms with Gasteiger partial charge in [-0.15, -0.1) is 0 Å². The number of benzene rings is 2. The van der Waals surface area contributed by atoms with Gasteiger partial charge in [-0.25, -0.2) is 0 Å². The fourth-order valence-electron chi connectivity index (χ4n) is 2.82. The summed E-state index contributed by atoms with van der Waals surface area (Å²) in [5, 5.41) is 2.61. The van der Waals surface area contributed by atoms with Gasteiger partial charge in [0, 0.05) is 18.1 Å². The van der Waals surface area contributed by atoms with Crippen molar-refractivity contribution in [3.8, 4) is 11.5 Å². The number of carbonyl (C=O) groups is 3. The second kappa shape index (κ2) is 11.6. The van der Waals surface area contributed by atoms with E-state index in [1.807, 2.05) is 12.1 Å². The number of methoxy groups -OCH3 is 2. The lowest BCUT2D eigenvalue weighted by Gasteiger charge is -2.12. The first kappa shape index (κ1) is 22.9. The molecule has 0 aromatic heterocycles. The maximum Gasteiger partial charge on any atom is 0.306 e. The Morgan fingerprint density at radius 2 is 1.67 bits per heavy atom. The van der Waals surface area contributed by atoms with E-state index in [9.17, 15) is 14.4 Å². The van der Waals surface area contributed by atoms with Crippen molar-refractivity contribution in [2.75, 3.05) is 26.1 Å². The van der Waals surface area contributed by atoms with Gasteiger partial charge in [-0.05, 0) is 24.1 Å². The van der Waals surface area contributed by atoms with Gasteiger partial charge in [0.15, 0.2) is 12.4 Å². The molecule has 160 valence electrons. The molecule has 0 radical (unpaired) electrons. The van der Waals surface area contributed by atoms with Gasteiger partial charge in [-0.3, -0.25) is 14.4 Å². The number of amides is 1. The first-order chi connectivity index (χ1) is 14.5. The summed E-state index contributed by atoms with van der Waals surface area (Å²) in [6, 6.07) is 12.3. The minimum absolute atomic E-state index is 0.0251. The summed E-state index contributed by atoms with van der Waals surface area (Å²) in [6.45, 7) is 1.64. The Balaban J connectivity index is 1.79. The number of Topliss-reactive ketones (excluding diaryl/α,β-unsaturated/α-hetero) is 1. The van der Waals surface area contributed by atoms with Crippen molar-refractivity contribution in [2.24, 2.45) is 0 Å². The number of anilines is 1. The highest BCUT2D eigenvalue weighted by Gasteiger charge is 2.14. The SMILES string of the molecule is CCCc1ccc(C(=O)CCC(=O)OCC(=O)Nc2cc(OC)ccc2OC)cc1. The molecule has 0 fully saturated rings. The standard InChI is InChI=1S/C23H27NO6/c1-4-5-16-6-8-17(9-7-16)20(25)11-13-23(27)30-15-22(26)24-19-14-18(28-2)10-12-21(19)29-3/h6-10,12,14H,4-5,11,13,15H2,1-3H3,(H,24,26). The van der Waals surface area contributed by atoms with Crippen molar-refractivity contribution in [2.45, 2.75) is 32.6 Å². The predicted molar refractivity (Wildman–Crippen MR) is 113 cm³/mol. The van der Waals surface area contributed by atoms with Gasteiger partial charge in [0.05, 0.1) is 26.3 Å². The first-order valence-electron chi connectivity index (χ1n) is 9.76. The minimum atomic E-state index is -0.612. The van der Waals surface area contributed by atoms with E-state index < -0.39 is 18.5 Å². The molecule has 0 bridgehead atoms. The number of ketones is 1. The molecule has 0 saturated carbocycles. The van der Waals surface area contributed by atoms with E-state index in [1.54, 1.807) is 30.3 Å². The summed E-state index contributed by atoms with van der Waals surface area (Å²) >= 11 is 0. The fourth-order valence-corrected chi connectivity index (χ4v) is 2.82. The maximum absolute atomic E-state index is 12.2. The molecule has 1 N–H and O–H groups in total. The van der Waals surface area contributed by atoms with Crippen LogP contribution in [0.25, 0.3) is 0 Å². The predicted octanol–water partition coefficient (Wildman–Crippen LogP) is 3.80. The number of ether oxygens (including phenoxy) is 3. The molecule has 1 amide bonds. The molecule has 0 aliphatic rings. The Bertz CT molecular complexity index is 876. The van der Waals surface area contributed by atoms with E-state index in [0.29, 0.717) is 22.7 Å². The molecule has 7 heteroatoms. The Morgan fingerprint density at radius 3 is 2.30 bits per heavy atom. The molecule has 0 aliphatic carbocycles. The third kappa shape index (κ3) is 6.92. The molecule has 0 spiro atoms. The van der Waals surface area contributed by atoms with Crippen molar-refractivity contribution in [1.29, 1.82) is 0 Å². The molecule has 0 atom stereocenters. The minimum Gasteiger partial charge on any atom is -0.497 e. The highest BCUT2D eigenvalue weighted by Crippen LogP contribution is 2.28. The summed E-state index contributed by atoms with van der Waals surface area (Å²) in [7, 11) is 2.99. The monoisotopic (exact) mass is 413 g/mol. The van der Waals surface area contributed by atoms with Crippen LogP contribution in [-0.2, 0) is 20.7 Å². The Hall–Kier alpha value is -3.35. The zero-order valence-electron chi connectivity index (χ0n) is 17.5. The van der Waals surface area contributed by atoms with Gasteiger partial charge in [0.2, 0.25) is 0 Å². The van der Waals surface area contributed by atoms with Gasteiger partial charge in [0.25, 0.3) is 5.91 Å². The smallest absolute Gasteiger partial charge is 0.306 e. The summed E-state index contributed by atoms with van der Waals surface area (Å²) < 4.78 is 15.3. The topological polar surface area (TPSA) is 90.9 Å². The normalized spacial score (nSPS) is 10.2. The van der Waals surface area contributed by atoms with Crippen LogP contribution in [-0.4, -0.2) is 38.5 Å². The number of nitrogens with one attached hydrogen (secondary N) is 1. The number of aryl methyl sites for hydroxylation is 1. The van der Waals surface area contributed by atoms with Crippen LogP contribution in [0.1, 0.15) is 42.1 Å². The van der Waals surface area contributed by atoms with Crippen molar-refractivity contribution in [1.82, 2.24) is 0 Å². The van der Waals surface area contributed by atoms with Gasteiger partial charge in [-0.1, -0.05) is 37.6 Å². The Morgan fingerprint density at radius 1 is 0.933 bits per heavy atom. The van der Waals surface area contributed by atoms with Crippen molar-refractivity contribution < 1.29 is 28.6 Å². The van der Waals surface area contributed by atoms with Crippen LogP contribution in [0.2, 0.25) is 0 Å². The molecule has 7 nitrogen and oxygen atoms in total. The number of carbonyl (C=O) groups excluding carboxylic acids is 3. The van der Waals surface area contributed by atoms with Crippen LogP contribution in [0.5, 0.6) is 11.5 Å². The van der Waals surface area contributed by atoms with Crippen LogP contribution < -0.4 is 14.8 Å². The molecule has 30 heavy (non-hydrogen) atoms. The van der Waals surface area contributed by atoms with Gasteiger partial charge in [-0.2, -0.15) is 0 Å². The summed E-state index contributed by atoms with van der Waals surface area (Å²) in [5.74, 6) is -0.276. The van der Waals surface area contributed by atoms with E-state index in [1.165, 1.54) is 19.8 Å². The number of hydrogen-bond acceptors (Lipinski definition) is 6. The van der Waals surface area contributed by atoms with Crippen LogP contribution in [0.3, 0.4) is 0 Å². The summed E-state index contributed by atoms with van der Waals surface area (Å²) in [4.78, 5) is 36.2. The highest BCUT2D eigenvalue weighted by molar-refractivity contribution is 5.98. The zero-order valence-corrected chi connectivity index (χ0v) is 17.5. The molecule has 0 heterocycles. The molecule has 2 rings (SSSR count). The lowest BCUT2D eigenvalue weighted by molar-refractivity contribution is -0.147. The molecule has 0 unspecified atom stereocenters. The Labute approximate surface area is 176 Å². The van der Waals surface area contributed by atoms with Gasteiger partial charge < -0.3 is 19.5 Å². The third-order valence-electron chi connectivity index (χ3n) is 4.42. The van der Waals surface area contributed by atoms with Crippen LogP contribution >= 0.6 is 0 Å². The largest absolute Gasteiger partial charge is 0.497 e. The number of rotatable bonds is 11. The van der Waals surface area contributed by atoms with Crippen molar-refractivity contribution in [3.05, 3.63) is 53.6 Å². The second-order valence-electron chi connectivity index (χ2n) is 6.65. The zero-order chi connectivity index (χ0) is 21.9. The highest BCUT2D eigenvalue weighted by atomic mass is 16.5. The van der Waals surface area contributed by atoms with Crippen molar-refractivity contribution >= 4 is 23.3 Å². The lowest BCUT2D eigenvalue weighted by Crippen LogP contribution is -2.21. The average Bonchev–Trinajstić information content (AvgIpc) is 2.76. The van der Waals surface area contributed by atoms with Crippen LogP contribution in [0.15, 0.2) is 42.5 Å². The molecule has 2 aromatic rings. The molecule has 2 aromatic carbocycles. The van der Waals surface area contributed by atoms with Gasteiger partial charge in [0.1, 0.15) is 11.5 Å². The van der Waals surface area contributed by atoms with Crippen molar-refractivity contribution in [3.63, 3.8) is 0 Å². The quantitative estimate of drug-likeness (QED) is 0.445. The molecular formula is C23H27NO6. The number of hydrogen-bond donors (Lipinski definition) is 1. The lowest BCUT2D eigenvalue weighted by atomic mass is 10.0. The van der Waals surface area contributed by atoms with Gasteiger partial charge >= 0.3 is 5.97 Å². The first-order valence-corrected chi connectivity index (χ1v) is 9.76. The fraction of sp³-hybridized carbons (Fsp3) is 0.348. The summed E-state index contributed by atoms with van der Waals surface area (Å²) in [5.41, 5.74) is 2.14.